The molecule has 4 saturated heterocycles. The minimum atomic E-state index is -2.79. The molecule has 0 bridgehead atoms. The van der Waals surface area contributed by atoms with Crippen molar-refractivity contribution >= 4 is 5.91 Å². The maximum atomic E-state index is 13.3. The summed E-state index contributed by atoms with van der Waals surface area (Å²) in [6, 6.07) is 0.375. The fraction of sp³-hybridized carbons (Fsp3) is 0.944. The summed E-state index contributed by atoms with van der Waals surface area (Å²) in [6.45, 7) is 1.63. The molecule has 27 heavy (non-hydrogen) atoms. The van der Waals surface area contributed by atoms with Crippen LogP contribution in [0.15, 0.2) is 0 Å². The van der Waals surface area contributed by atoms with Gasteiger partial charge in [0.15, 0.2) is 0 Å². The third-order valence-electron chi connectivity index (χ3n) is 6.03. The number of aliphatic hydroxyl groups is 1. The molecule has 4 aliphatic heterocycles. The van der Waals surface area contributed by atoms with Crippen LogP contribution >= 0.6 is 0 Å². The van der Waals surface area contributed by atoms with Crippen molar-refractivity contribution in [1.29, 1.82) is 0 Å². The van der Waals surface area contributed by atoms with Crippen LogP contribution < -0.4 is 5.32 Å². The van der Waals surface area contributed by atoms with Gasteiger partial charge in [0.2, 0.25) is 5.91 Å². The molecule has 4 rings (SSSR count). The minimum Gasteiger partial charge on any atom is -0.388 e. The van der Waals surface area contributed by atoms with E-state index >= 15 is 0 Å². The van der Waals surface area contributed by atoms with Crippen LogP contribution in [0.3, 0.4) is 0 Å². The van der Waals surface area contributed by atoms with E-state index in [1.54, 1.807) is 0 Å². The highest BCUT2D eigenvalue weighted by atomic mass is 19.3. The van der Waals surface area contributed by atoms with Gasteiger partial charge in [-0.15, -0.1) is 0 Å². The standard InChI is InChI=1S/C18H28F2N2O5/c19-18(20)3-4-22(10-18)15(23)8-12-7-13-17(26-12)16(24)14(27-13)9-21-11-1-5-25-6-2-11/h11-14,16-17,21,24H,1-10H2. The summed E-state index contributed by atoms with van der Waals surface area (Å²) in [5, 5.41) is 13.9. The smallest absolute Gasteiger partial charge is 0.267 e. The number of halogens is 2. The SMILES string of the molecule is O=C(CC1CC2OC(CNC3CCOCC3)C(O)C2O1)N1CCC(F)(F)C1. The Morgan fingerprint density at radius 3 is 2.70 bits per heavy atom. The monoisotopic (exact) mass is 390 g/mol. The molecule has 0 saturated carbocycles. The van der Waals surface area contributed by atoms with E-state index in [1.807, 2.05) is 0 Å². The summed E-state index contributed by atoms with van der Waals surface area (Å²) < 4.78 is 43.7. The summed E-state index contributed by atoms with van der Waals surface area (Å²) in [4.78, 5) is 13.4. The van der Waals surface area contributed by atoms with Gasteiger partial charge in [-0.2, -0.15) is 0 Å². The van der Waals surface area contributed by atoms with Gasteiger partial charge >= 0.3 is 0 Å². The number of alkyl halides is 2. The number of hydrogen-bond acceptors (Lipinski definition) is 6. The number of carbonyl (C=O) groups is 1. The molecule has 0 radical (unpaired) electrons. The molecule has 9 heteroatoms. The second-order valence-electron chi connectivity index (χ2n) is 8.08. The Balaban J connectivity index is 1.22. The van der Waals surface area contributed by atoms with Crippen molar-refractivity contribution in [3.63, 3.8) is 0 Å². The fourth-order valence-electron chi connectivity index (χ4n) is 4.47. The molecule has 4 fully saturated rings. The zero-order valence-electron chi connectivity index (χ0n) is 15.3. The van der Waals surface area contributed by atoms with Gasteiger partial charge in [0.1, 0.15) is 12.2 Å². The molecule has 5 atom stereocenters. The second-order valence-corrected chi connectivity index (χ2v) is 8.08. The lowest BCUT2D eigenvalue weighted by atomic mass is 10.1. The highest BCUT2D eigenvalue weighted by Crippen LogP contribution is 2.36. The van der Waals surface area contributed by atoms with Crippen LogP contribution in [-0.2, 0) is 19.0 Å². The summed E-state index contributed by atoms with van der Waals surface area (Å²) in [6.07, 6.45) is 0.00626. The molecule has 0 aromatic carbocycles. The number of nitrogens with one attached hydrogen (secondary N) is 1. The van der Waals surface area contributed by atoms with Crippen molar-refractivity contribution in [2.75, 3.05) is 32.8 Å². The van der Waals surface area contributed by atoms with E-state index in [9.17, 15) is 18.7 Å². The van der Waals surface area contributed by atoms with Crippen LogP contribution in [0, 0.1) is 0 Å². The lowest BCUT2D eigenvalue weighted by Gasteiger charge is -2.26. The molecule has 0 aromatic rings. The summed E-state index contributed by atoms with van der Waals surface area (Å²) in [7, 11) is 0. The van der Waals surface area contributed by atoms with Gasteiger partial charge in [-0.25, -0.2) is 8.78 Å². The Morgan fingerprint density at radius 2 is 2.04 bits per heavy atom. The molecular weight excluding hydrogens is 362 g/mol. The van der Waals surface area contributed by atoms with E-state index in [0.29, 0.717) is 19.0 Å². The first-order valence-electron chi connectivity index (χ1n) is 9.87. The number of nitrogens with zero attached hydrogens (tertiary/aromatic N) is 1. The molecule has 0 aromatic heterocycles. The maximum Gasteiger partial charge on any atom is 0.267 e. The average molecular weight is 390 g/mol. The Morgan fingerprint density at radius 1 is 1.26 bits per heavy atom. The van der Waals surface area contributed by atoms with Crippen molar-refractivity contribution in [2.24, 2.45) is 0 Å². The van der Waals surface area contributed by atoms with Gasteiger partial charge in [-0.1, -0.05) is 0 Å². The van der Waals surface area contributed by atoms with Gasteiger partial charge in [0, 0.05) is 45.2 Å². The van der Waals surface area contributed by atoms with Gasteiger partial charge in [-0.05, 0) is 12.8 Å². The lowest BCUT2D eigenvalue weighted by molar-refractivity contribution is -0.135. The van der Waals surface area contributed by atoms with Gasteiger partial charge < -0.3 is 29.5 Å². The lowest BCUT2D eigenvalue weighted by Crippen LogP contribution is -2.44. The number of amides is 1. The van der Waals surface area contributed by atoms with Gasteiger partial charge in [0.05, 0.1) is 31.3 Å². The predicted octanol–water partition coefficient (Wildman–Crippen LogP) is 0.299. The third-order valence-corrected chi connectivity index (χ3v) is 6.03. The summed E-state index contributed by atoms with van der Waals surface area (Å²) in [5.41, 5.74) is 0. The van der Waals surface area contributed by atoms with Gasteiger partial charge in [0.25, 0.3) is 5.92 Å². The number of aliphatic hydroxyl groups excluding tert-OH is 1. The first-order valence-corrected chi connectivity index (χ1v) is 9.87. The van der Waals surface area contributed by atoms with E-state index in [4.69, 9.17) is 14.2 Å². The first-order chi connectivity index (χ1) is 12.9. The van der Waals surface area contributed by atoms with Crippen LogP contribution in [0.25, 0.3) is 0 Å². The van der Waals surface area contributed by atoms with Crippen molar-refractivity contribution in [3.05, 3.63) is 0 Å². The molecular formula is C18H28F2N2O5. The summed E-state index contributed by atoms with van der Waals surface area (Å²) >= 11 is 0. The van der Waals surface area contributed by atoms with Crippen LogP contribution in [0.4, 0.5) is 8.78 Å². The molecule has 0 spiro atoms. The maximum absolute atomic E-state index is 13.3. The fourth-order valence-corrected chi connectivity index (χ4v) is 4.47. The second kappa shape index (κ2) is 7.87. The van der Waals surface area contributed by atoms with Crippen LogP contribution in [0.1, 0.15) is 32.1 Å². The van der Waals surface area contributed by atoms with Crippen molar-refractivity contribution in [3.8, 4) is 0 Å². The molecule has 7 nitrogen and oxygen atoms in total. The highest BCUT2D eigenvalue weighted by Gasteiger charge is 2.51. The Hall–Kier alpha value is -0.870. The number of ether oxygens (including phenoxy) is 3. The number of rotatable bonds is 5. The Labute approximate surface area is 157 Å². The average Bonchev–Trinajstić information content (AvgIpc) is 3.28. The van der Waals surface area contributed by atoms with E-state index in [0.717, 1.165) is 26.1 Å². The molecule has 4 aliphatic rings. The number of hydrogen-bond donors (Lipinski definition) is 2. The first kappa shape index (κ1) is 19.4. The number of carbonyl (C=O) groups excluding carboxylic acids is 1. The highest BCUT2D eigenvalue weighted by molar-refractivity contribution is 5.77. The van der Waals surface area contributed by atoms with Crippen molar-refractivity contribution in [2.45, 2.75) is 74.6 Å². The molecule has 5 unspecified atom stereocenters. The van der Waals surface area contributed by atoms with Crippen molar-refractivity contribution < 1.29 is 32.9 Å². The van der Waals surface area contributed by atoms with Gasteiger partial charge in [-0.3, -0.25) is 4.79 Å². The zero-order chi connectivity index (χ0) is 19.0. The Bertz CT molecular complexity index is 546. The Kier molecular flexibility index (Phi) is 5.67. The van der Waals surface area contributed by atoms with Crippen molar-refractivity contribution in [1.82, 2.24) is 10.2 Å². The van der Waals surface area contributed by atoms with E-state index in [-0.39, 0.29) is 43.6 Å². The molecule has 1 amide bonds. The minimum absolute atomic E-state index is 0.0597. The van der Waals surface area contributed by atoms with E-state index in [2.05, 4.69) is 5.32 Å². The molecule has 2 N–H and O–H groups in total. The normalized spacial score (nSPS) is 39.1. The number of fused-ring (bicyclic) bond motifs is 1. The molecule has 154 valence electrons. The quantitative estimate of drug-likeness (QED) is 0.703. The zero-order valence-corrected chi connectivity index (χ0v) is 15.3. The van der Waals surface area contributed by atoms with Crippen LogP contribution in [0.5, 0.6) is 0 Å². The van der Waals surface area contributed by atoms with E-state index in [1.165, 1.54) is 4.90 Å². The predicted molar refractivity (Wildman–Crippen MR) is 90.6 cm³/mol. The third kappa shape index (κ3) is 4.42. The van der Waals surface area contributed by atoms with Crippen LogP contribution in [-0.4, -0.2) is 91.2 Å². The van der Waals surface area contributed by atoms with E-state index < -0.39 is 24.7 Å². The van der Waals surface area contributed by atoms with Crippen LogP contribution in [0.2, 0.25) is 0 Å². The topological polar surface area (TPSA) is 80.3 Å². The summed E-state index contributed by atoms with van der Waals surface area (Å²) in [5.74, 6) is -3.10. The molecule has 0 aliphatic carbocycles. The number of likely N-dealkylation sites (tertiary alicyclic amines) is 1. The largest absolute Gasteiger partial charge is 0.388 e. The molecule has 4 heterocycles.